The van der Waals surface area contributed by atoms with Crippen molar-refractivity contribution in [1.82, 2.24) is 19.9 Å². The molecular formula is C49H44N4. The second kappa shape index (κ2) is 16.0. The van der Waals surface area contributed by atoms with Crippen LogP contribution in [0.25, 0.3) is 79.7 Å². The third kappa shape index (κ3) is 7.54. The minimum absolute atomic E-state index is 0.630. The molecule has 53 heavy (non-hydrogen) atoms. The van der Waals surface area contributed by atoms with E-state index in [9.17, 15) is 0 Å². The van der Waals surface area contributed by atoms with Gasteiger partial charge >= 0.3 is 0 Å². The SMILES string of the molecule is C/C=C\c1cc(-c2cc(-c3ccc(-c4ccc(C)nc4)cc3)cc(-c3nc(-c4ccccc4)nc(-c4ccccc4)n3)c2)c(/C=C\C)c(CC)c1CC. The molecule has 7 rings (SSSR count). The molecule has 7 aromatic rings. The van der Waals surface area contributed by atoms with Crippen molar-refractivity contribution < 1.29 is 0 Å². The first-order chi connectivity index (χ1) is 26.0. The number of aryl methyl sites for hydroxylation is 1. The van der Waals surface area contributed by atoms with Crippen molar-refractivity contribution in [2.45, 2.75) is 47.5 Å². The highest BCUT2D eigenvalue weighted by molar-refractivity contribution is 5.87. The number of pyridine rings is 1. The van der Waals surface area contributed by atoms with Crippen molar-refractivity contribution in [3.8, 4) is 67.5 Å². The lowest BCUT2D eigenvalue weighted by Crippen LogP contribution is -2.02. The zero-order chi connectivity index (χ0) is 36.7. The highest BCUT2D eigenvalue weighted by Gasteiger charge is 2.19. The maximum Gasteiger partial charge on any atom is 0.164 e. The zero-order valence-corrected chi connectivity index (χ0v) is 31.1. The Bertz CT molecular complexity index is 2350. The molecule has 4 heteroatoms. The van der Waals surface area contributed by atoms with Crippen LogP contribution in [0.15, 0.2) is 140 Å². The van der Waals surface area contributed by atoms with E-state index < -0.39 is 0 Å². The standard InChI is InChI=1S/C49H44N4/c1-6-16-38-31-46(45(17-7-2)44(9-4)43(38)8-3)41-28-40(35-26-24-34(25-27-35)39-23-22-33(5)50-32-39)29-42(30-41)49-52-47(36-18-12-10-13-19-36)51-48(53-49)37-20-14-11-15-21-37/h6-7,10-32H,8-9H2,1-5H3/b16-6-,17-7-. The van der Waals surface area contributed by atoms with Gasteiger partial charge in [-0.25, -0.2) is 15.0 Å². The van der Waals surface area contributed by atoms with Crippen molar-refractivity contribution in [3.05, 3.63) is 168 Å². The highest BCUT2D eigenvalue weighted by Crippen LogP contribution is 2.39. The molecule has 0 aliphatic rings. The van der Waals surface area contributed by atoms with Crippen LogP contribution in [-0.4, -0.2) is 19.9 Å². The van der Waals surface area contributed by atoms with Crippen LogP contribution in [0.3, 0.4) is 0 Å². The van der Waals surface area contributed by atoms with Gasteiger partial charge in [0.1, 0.15) is 0 Å². The van der Waals surface area contributed by atoms with Crippen LogP contribution in [-0.2, 0) is 12.8 Å². The molecule has 2 heterocycles. The fourth-order valence-corrected chi connectivity index (χ4v) is 7.08. The minimum atomic E-state index is 0.630. The van der Waals surface area contributed by atoms with Gasteiger partial charge in [0.2, 0.25) is 0 Å². The van der Waals surface area contributed by atoms with Crippen LogP contribution in [0.5, 0.6) is 0 Å². The molecule has 0 saturated heterocycles. The Hall–Kier alpha value is -6.26. The van der Waals surface area contributed by atoms with E-state index >= 15 is 0 Å². The number of rotatable bonds is 10. The van der Waals surface area contributed by atoms with Crippen molar-refractivity contribution in [2.75, 3.05) is 0 Å². The smallest absolute Gasteiger partial charge is 0.164 e. The molecular weight excluding hydrogens is 645 g/mol. The summed E-state index contributed by atoms with van der Waals surface area (Å²) in [6.45, 7) is 10.7. The van der Waals surface area contributed by atoms with Crippen LogP contribution >= 0.6 is 0 Å². The van der Waals surface area contributed by atoms with Crippen molar-refractivity contribution >= 4 is 12.2 Å². The number of nitrogens with zero attached hydrogens (tertiary/aromatic N) is 4. The quantitative estimate of drug-likeness (QED) is 0.143. The fourth-order valence-electron chi connectivity index (χ4n) is 7.08. The maximum atomic E-state index is 5.14. The molecule has 0 N–H and O–H groups in total. The maximum absolute atomic E-state index is 5.14. The number of hydrogen-bond acceptors (Lipinski definition) is 4. The van der Waals surface area contributed by atoms with Gasteiger partial charge in [0.25, 0.3) is 0 Å². The number of hydrogen-bond donors (Lipinski definition) is 0. The monoisotopic (exact) mass is 688 g/mol. The first kappa shape index (κ1) is 35.2. The van der Waals surface area contributed by atoms with Gasteiger partial charge in [0.05, 0.1) is 0 Å². The van der Waals surface area contributed by atoms with E-state index in [1.807, 2.05) is 49.5 Å². The highest BCUT2D eigenvalue weighted by atomic mass is 15.0. The Labute approximate surface area is 313 Å². The van der Waals surface area contributed by atoms with E-state index in [0.29, 0.717) is 17.5 Å². The molecule has 0 atom stereocenters. The minimum Gasteiger partial charge on any atom is -0.261 e. The molecule has 0 spiro atoms. The van der Waals surface area contributed by atoms with E-state index in [1.165, 1.54) is 27.8 Å². The molecule has 0 amide bonds. The fraction of sp³-hybridized carbons (Fsp3) is 0.143. The van der Waals surface area contributed by atoms with E-state index in [2.05, 4.69) is 142 Å². The van der Waals surface area contributed by atoms with Crippen molar-refractivity contribution in [3.63, 3.8) is 0 Å². The van der Waals surface area contributed by atoms with E-state index in [-0.39, 0.29) is 0 Å². The third-order valence-electron chi connectivity index (χ3n) is 9.68. The normalized spacial score (nSPS) is 11.5. The number of allylic oxidation sites excluding steroid dienone is 2. The van der Waals surface area contributed by atoms with Gasteiger partial charge in [-0.05, 0) is 114 Å². The van der Waals surface area contributed by atoms with E-state index in [1.54, 1.807) is 0 Å². The average molecular weight is 689 g/mol. The molecule has 0 radical (unpaired) electrons. The number of benzene rings is 5. The first-order valence-corrected chi connectivity index (χ1v) is 18.5. The van der Waals surface area contributed by atoms with Crippen molar-refractivity contribution in [2.24, 2.45) is 0 Å². The summed E-state index contributed by atoms with van der Waals surface area (Å²) >= 11 is 0. The van der Waals surface area contributed by atoms with Gasteiger partial charge in [-0.2, -0.15) is 0 Å². The van der Waals surface area contributed by atoms with E-state index in [0.717, 1.165) is 63.0 Å². The largest absolute Gasteiger partial charge is 0.261 e. The predicted octanol–water partition coefficient (Wildman–Crippen LogP) is 12.8. The van der Waals surface area contributed by atoms with Crippen LogP contribution < -0.4 is 0 Å². The summed E-state index contributed by atoms with van der Waals surface area (Å²) in [5, 5.41) is 0. The summed E-state index contributed by atoms with van der Waals surface area (Å²) in [6, 6.07) is 42.4. The van der Waals surface area contributed by atoms with Gasteiger partial charge < -0.3 is 0 Å². The van der Waals surface area contributed by atoms with E-state index in [4.69, 9.17) is 15.0 Å². The Balaban J connectivity index is 1.49. The van der Waals surface area contributed by atoms with Crippen LogP contribution in [0, 0.1) is 6.92 Å². The molecule has 260 valence electrons. The lowest BCUT2D eigenvalue weighted by Gasteiger charge is -2.20. The molecule has 4 nitrogen and oxygen atoms in total. The van der Waals surface area contributed by atoms with Gasteiger partial charge in [-0.3, -0.25) is 4.98 Å². The Morgan fingerprint density at radius 3 is 1.51 bits per heavy atom. The lowest BCUT2D eigenvalue weighted by molar-refractivity contribution is 1.03. The van der Waals surface area contributed by atoms with Gasteiger partial charge in [-0.1, -0.05) is 129 Å². The second-order valence-corrected chi connectivity index (χ2v) is 13.2. The summed E-state index contributed by atoms with van der Waals surface area (Å²) < 4.78 is 0. The molecule has 0 unspecified atom stereocenters. The molecule has 5 aromatic carbocycles. The molecule has 0 aliphatic carbocycles. The molecule has 0 bridgehead atoms. The molecule has 0 fully saturated rings. The first-order valence-electron chi connectivity index (χ1n) is 18.5. The lowest BCUT2D eigenvalue weighted by atomic mass is 9.84. The van der Waals surface area contributed by atoms with Crippen LogP contribution in [0.4, 0.5) is 0 Å². The molecule has 2 aromatic heterocycles. The summed E-state index contributed by atoms with van der Waals surface area (Å²) in [5.41, 5.74) is 15.9. The number of aromatic nitrogens is 4. The summed E-state index contributed by atoms with van der Waals surface area (Å²) in [5.74, 6) is 1.91. The Morgan fingerprint density at radius 2 is 0.981 bits per heavy atom. The topological polar surface area (TPSA) is 51.6 Å². The molecule has 0 aliphatic heterocycles. The predicted molar refractivity (Wildman–Crippen MR) is 223 cm³/mol. The summed E-state index contributed by atoms with van der Waals surface area (Å²) in [6.07, 6.45) is 12.7. The Kier molecular flexibility index (Phi) is 10.6. The third-order valence-corrected chi connectivity index (χ3v) is 9.68. The van der Waals surface area contributed by atoms with Gasteiger partial charge in [-0.15, -0.1) is 0 Å². The summed E-state index contributed by atoms with van der Waals surface area (Å²) in [7, 11) is 0. The molecule has 0 saturated carbocycles. The Morgan fingerprint density at radius 1 is 0.472 bits per heavy atom. The van der Waals surface area contributed by atoms with Crippen LogP contribution in [0.2, 0.25) is 0 Å². The average Bonchev–Trinajstić information content (AvgIpc) is 3.22. The zero-order valence-electron chi connectivity index (χ0n) is 31.1. The second-order valence-electron chi connectivity index (χ2n) is 13.2. The van der Waals surface area contributed by atoms with Gasteiger partial charge in [0.15, 0.2) is 17.5 Å². The van der Waals surface area contributed by atoms with Crippen LogP contribution in [0.1, 0.15) is 55.6 Å². The van der Waals surface area contributed by atoms with Gasteiger partial charge in [0, 0.05) is 34.1 Å². The van der Waals surface area contributed by atoms with Crippen molar-refractivity contribution in [1.29, 1.82) is 0 Å². The summed E-state index contributed by atoms with van der Waals surface area (Å²) in [4.78, 5) is 19.8.